The Morgan fingerprint density at radius 2 is 2.20 bits per heavy atom. The van der Waals surface area contributed by atoms with Gasteiger partial charge < -0.3 is 15.8 Å². The molecule has 1 aromatic heterocycles. The van der Waals surface area contributed by atoms with Gasteiger partial charge in [0, 0.05) is 11.8 Å². The van der Waals surface area contributed by atoms with Crippen molar-refractivity contribution in [2.24, 2.45) is 11.7 Å². The molecule has 0 saturated carbocycles. The van der Waals surface area contributed by atoms with Crippen LogP contribution in [0.2, 0.25) is 0 Å². The summed E-state index contributed by atoms with van der Waals surface area (Å²) in [5.41, 5.74) is 5.76. The Balaban J connectivity index is 2.71. The van der Waals surface area contributed by atoms with Crippen molar-refractivity contribution in [1.82, 2.24) is 10.3 Å². The van der Waals surface area contributed by atoms with Gasteiger partial charge in [-0.2, -0.15) is 0 Å². The van der Waals surface area contributed by atoms with Crippen LogP contribution in [-0.2, 0) is 16.0 Å². The van der Waals surface area contributed by atoms with Crippen molar-refractivity contribution in [3.63, 3.8) is 0 Å². The van der Waals surface area contributed by atoms with Crippen LogP contribution in [0.15, 0.2) is 5.38 Å². The summed E-state index contributed by atoms with van der Waals surface area (Å²) in [5.74, 6) is -0.535. The fourth-order valence-corrected chi connectivity index (χ4v) is 2.51. The minimum absolute atomic E-state index is 0.266. The molecule has 1 atom stereocenters. The fraction of sp³-hybridized carbons (Fsp3) is 0.615. The summed E-state index contributed by atoms with van der Waals surface area (Å²) in [6.45, 7) is 4.45. The molecule has 1 heterocycles. The fourth-order valence-electron chi connectivity index (χ4n) is 1.71. The normalized spacial score (nSPS) is 12.2. The molecule has 0 aliphatic rings. The Bertz CT molecular complexity index is 459. The first kappa shape index (κ1) is 16.6. The number of hydrogen-bond donors (Lipinski definition) is 2. The van der Waals surface area contributed by atoms with Crippen LogP contribution in [0.4, 0.5) is 0 Å². The number of ether oxygens (including phenoxy) is 1. The molecule has 0 bridgehead atoms. The average molecular weight is 299 g/mol. The maximum absolute atomic E-state index is 12.1. The zero-order valence-corrected chi connectivity index (χ0v) is 12.8. The van der Waals surface area contributed by atoms with Gasteiger partial charge in [-0.25, -0.2) is 9.78 Å². The monoisotopic (exact) mass is 299 g/mol. The van der Waals surface area contributed by atoms with Crippen molar-refractivity contribution >= 4 is 23.2 Å². The van der Waals surface area contributed by atoms with Gasteiger partial charge in [0.25, 0.3) is 5.91 Å². The smallest absolute Gasteiger partial charge is 0.328 e. The van der Waals surface area contributed by atoms with Gasteiger partial charge in [0.2, 0.25) is 0 Å². The lowest BCUT2D eigenvalue weighted by molar-refractivity contribution is -0.143. The van der Waals surface area contributed by atoms with Crippen LogP contribution < -0.4 is 11.1 Å². The van der Waals surface area contributed by atoms with Crippen LogP contribution in [0.1, 0.15) is 35.8 Å². The number of aromatic nitrogens is 1. The van der Waals surface area contributed by atoms with Crippen molar-refractivity contribution < 1.29 is 14.3 Å². The molecule has 0 aliphatic carbocycles. The predicted molar refractivity (Wildman–Crippen MR) is 77.6 cm³/mol. The van der Waals surface area contributed by atoms with Gasteiger partial charge in [-0.05, 0) is 18.9 Å². The molecule has 0 fully saturated rings. The van der Waals surface area contributed by atoms with E-state index in [4.69, 9.17) is 10.5 Å². The van der Waals surface area contributed by atoms with Crippen molar-refractivity contribution in [3.8, 4) is 0 Å². The third-order valence-electron chi connectivity index (χ3n) is 2.64. The summed E-state index contributed by atoms with van der Waals surface area (Å²) in [6.07, 6.45) is 1.17. The third kappa shape index (κ3) is 4.90. The van der Waals surface area contributed by atoms with Crippen LogP contribution in [0.5, 0.6) is 0 Å². The second-order valence-electron chi connectivity index (χ2n) is 4.84. The molecule has 1 amide bonds. The summed E-state index contributed by atoms with van der Waals surface area (Å²) in [6, 6.07) is -0.646. The van der Waals surface area contributed by atoms with E-state index < -0.39 is 12.0 Å². The standard InChI is InChI=1S/C13H21N3O3S/c1-8(2)6-9(13(18)19-3)16-12(17)10-7-20-11(15-10)4-5-14/h7-9H,4-6,14H2,1-3H3,(H,16,17)/t9-/m0/s1. The number of amides is 1. The molecule has 112 valence electrons. The lowest BCUT2D eigenvalue weighted by Crippen LogP contribution is -2.42. The maximum Gasteiger partial charge on any atom is 0.328 e. The number of thiazole rings is 1. The van der Waals surface area contributed by atoms with E-state index in [1.54, 1.807) is 5.38 Å². The van der Waals surface area contributed by atoms with Gasteiger partial charge in [0.05, 0.1) is 12.1 Å². The highest BCUT2D eigenvalue weighted by Crippen LogP contribution is 2.12. The quantitative estimate of drug-likeness (QED) is 0.731. The largest absolute Gasteiger partial charge is 0.467 e. The Labute approximate surface area is 122 Å². The second kappa shape index (κ2) is 7.96. The minimum Gasteiger partial charge on any atom is -0.467 e. The van der Waals surface area contributed by atoms with Crippen molar-refractivity contribution in [2.45, 2.75) is 32.7 Å². The highest BCUT2D eigenvalue weighted by molar-refractivity contribution is 7.09. The van der Waals surface area contributed by atoms with E-state index in [2.05, 4.69) is 10.3 Å². The summed E-state index contributed by atoms with van der Waals surface area (Å²) in [7, 11) is 1.31. The molecule has 0 spiro atoms. The van der Waals surface area contributed by atoms with Crippen LogP contribution in [0.25, 0.3) is 0 Å². The zero-order chi connectivity index (χ0) is 15.1. The van der Waals surface area contributed by atoms with E-state index in [1.807, 2.05) is 13.8 Å². The molecule has 0 aromatic carbocycles. The summed E-state index contributed by atoms with van der Waals surface area (Å²) < 4.78 is 4.71. The van der Waals surface area contributed by atoms with Crippen molar-refractivity contribution in [1.29, 1.82) is 0 Å². The van der Waals surface area contributed by atoms with Crippen LogP contribution in [-0.4, -0.2) is 36.6 Å². The number of methoxy groups -OCH3 is 1. The molecule has 0 radical (unpaired) electrons. The third-order valence-corrected chi connectivity index (χ3v) is 3.55. The van der Waals surface area contributed by atoms with Crippen LogP contribution >= 0.6 is 11.3 Å². The topological polar surface area (TPSA) is 94.3 Å². The molecule has 0 saturated heterocycles. The molecule has 0 unspecified atom stereocenters. The number of esters is 1. The first-order valence-electron chi connectivity index (χ1n) is 6.51. The Kier molecular flexibility index (Phi) is 6.60. The van der Waals surface area contributed by atoms with Crippen molar-refractivity contribution in [2.75, 3.05) is 13.7 Å². The predicted octanol–water partition coefficient (Wildman–Crippen LogP) is 0.962. The van der Waals surface area contributed by atoms with Gasteiger partial charge in [-0.3, -0.25) is 4.79 Å². The number of nitrogens with zero attached hydrogens (tertiary/aromatic N) is 1. The number of hydrogen-bond acceptors (Lipinski definition) is 6. The number of nitrogens with one attached hydrogen (secondary N) is 1. The maximum atomic E-state index is 12.1. The van der Waals surface area contributed by atoms with Gasteiger partial charge >= 0.3 is 5.97 Å². The lowest BCUT2D eigenvalue weighted by atomic mass is 10.0. The van der Waals surface area contributed by atoms with E-state index in [0.29, 0.717) is 25.1 Å². The molecular weight excluding hydrogens is 278 g/mol. The summed E-state index contributed by atoms with van der Waals surface area (Å²) >= 11 is 1.39. The van der Waals surface area contributed by atoms with E-state index in [0.717, 1.165) is 5.01 Å². The average Bonchev–Trinajstić information content (AvgIpc) is 2.85. The SMILES string of the molecule is COC(=O)[C@H](CC(C)C)NC(=O)c1csc(CCN)n1. The van der Waals surface area contributed by atoms with Crippen LogP contribution in [0.3, 0.4) is 0 Å². The zero-order valence-electron chi connectivity index (χ0n) is 12.0. The highest BCUT2D eigenvalue weighted by Gasteiger charge is 2.24. The summed E-state index contributed by atoms with van der Waals surface area (Å²) in [4.78, 5) is 27.9. The number of carbonyl (C=O) groups is 2. The van der Waals surface area contributed by atoms with E-state index in [-0.39, 0.29) is 11.8 Å². The number of carbonyl (C=O) groups excluding carboxylic acids is 2. The van der Waals surface area contributed by atoms with Crippen LogP contribution in [0, 0.1) is 5.92 Å². The molecule has 6 nitrogen and oxygen atoms in total. The Hall–Kier alpha value is -1.47. The van der Waals surface area contributed by atoms with E-state index in [9.17, 15) is 9.59 Å². The van der Waals surface area contributed by atoms with Gasteiger partial charge in [-0.1, -0.05) is 13.8 Å². The molecule has 3 N–H and O–H groups in total. The second-order valence-corrected chi connectivity index (χ2v) is 5.79. The lowest BCUT2D eigenvalue weighted by Gasteiger charge is -2.17. The highest BCUT2D eigenvalue weighted by atomic mass is 32.1. The van der Waals surface area contributed by atoms with E-state index >= 15 is 0 Å². The number of nitrogens with two attached hydrogens (primary N) is 1. The van der Waals surface area contributed by atoms with E-state index in [1.165, 1.54) is 18.4 Å². The Morgan fingerprint density at radius 3 is 2.75 bits per heavy atom. The summed E-state index contributed by atoms with van der Waals surface area (Å²) in [5, 5.41) is 5.16. The van der Waals surface area contributed by atoms with Crippen molar-refractivity contribution in [3.05, 3.63) is 16.1 Å². The first-order valence-corrected chi connectivity index (χ1v) is 7.39. The van der Waals surface area contributed by atoms with Gasteiger partial charge in [-0.15, -0.1) is 11.3 Å². The van der Waals surface area contributed by atoms with Gasteiger partial charge in [0.15, 0.2) is 0 Å². The molecular formula is C13H21N3O3S. The minimum atomic E-state index is -0.646. The Morgan fingerprint density at radius 1 is 1.50 bits per heavy atom. The first-order chi connectivity index (χ1) is 9.47. The molecule has 1 rings (SSSR count). The number of rotatable bonds is 7. The molecule has 0 aliphatic heterocycles. The molecule has 1 aromatic rings. The van der Waals surface area contributed by atoms with Gasteiger partial charge in [0.1, 0.15) is 11.7 Å². The molecule has 20 heavy (non-hydrogen) atoms. The molecule has 7 heteroatoms.